The minimum Gasteiger partial charge on any atom is -0.456 e. The van der Waals surface area contributed by atoms with Gasteiger partial charge in [0.2, 0.25) is 0 Å². The summed E-state index contributed by atoms with van der Waals surface area (Å²) in [5.41, 5.74) is 9.14. The second-order valence-corrected chi connectivity index (χ2v) is 12.8. The number of rotatable bonds is 5. The first-order valence-electron chi connectivity index (χ1n) is 17.1. The summed E-state index contributed by atoms with van der Waals surface area (Å²) < 4.78 is 6.44. The van der Waals surface area contributed by atoms with Crippen LogP contribution in [0.1, 0.15) is 0 Å². The van der Waals surface area contributed by atoms with Gasteiger partial charge in [-0.3, -0.25) is 0 Å². The zero-order chi connectivity index (χ0) is 33.7. The maximum atomic E-state index is 6.44. The van der Waals surface area contributed by atoms with E-state index in [0.717, 1.165) is 49.8 Å². The normalized spacial score (nSPS) is 11.5. The van der Waals surface area contributed by atoms with E-state index in [9.17, 15) is 0 Å². The smallest absolute Gasteiger partial charge is 0.164 e. The number of hydrogen-bond donors (Lipinski definition) is 0. The largest absolute Gasteiger partial charge is 0.456 e. The van der Waals surface area contributed by atoms with Crippen LogP contribution in [0.15, 0.2) is 180 Å². The third kappa shape index (κ3) is 5.13. The molecule has 0 saturated heterocycles. The van der Waals surface area contributed by atoms with E-state index in [1.54, 1.807) is 0 Å². The molecule has 0 bridgehead atoms. The first-order chi connectivity index (χ1) is 25.2. The Kier molecular flexibility index (Phi) is 6.78. The fourth-order valence-electron chi connectivity index (χ4n) is 7.17. The van der Waals surface area contributed by atoms with E-state index in [1.165, 1.54) is 32.7 Å². The van der Waals surface area contributed by atoms with Gasteiger partial charge < -0.3 is 4.42 Å². The molecule has 0 aliphatic rings. The molecular formula is C47H29N3O. The molecule has 8 aromatic carbocycles. The van der Waals surface area contributed by atoms with Crippen LogP contribution in [-0.2, 0) is 0 Å². The highest BCUT2D eigenvalue weighted by Gasteiger charge is 2.15. The van der Waals surface area contributed by atoms with Crippen molar-refractivity contribution in [3.8, 4) is 56.4 Å². The van der Waals surface area contributed by atoms with Crippen LogP contribution in [0.3, 0.4) is 0 Å². The summed E-state index contributed by atoms with van der Waals surface area (Å²) in [6, 6.07) is 61.1. The van der Waals surface area contributed by atoms with Gasteiger partial charge in [-0.05, 0) is 74.1 Å². The fourth-order valence-corrected chi connectivity index (χ4v) is 7.17. The standard InChI is InChI=1S/C47H29N3O/c1-3-11-31(12-4-1)45-48-46(32-13-5-2-6-14-32)50-47(49-45)33-21-19-30(20-22-33)34-23-25-40-42-28-36(24-26-43(42)51-44(40)29-34)41-27-35-15-7-8-16-37(35)38-17-9-10-18-39(38)41/h1-29H. The van der Waals surface area contributed by atoms with E-state index < -0.39 is 0 Å². The zero-order valence-corrected chi connectivity index (χ0v) is 27.5. The predicted molar refractivity (Wildman–Crippen MR) is 209 cm³/mol. The van der Waals surface area contributed by atoms with Gasteiger partial charge in [-0.1, -0.05) is 146 Å². The van der Waals surface area contributed by atoms with Crippen molar-refractivity contribution < 1.29 is 4.42 Å². The highest BCUT2D eigenvalue weighted by Crippen LogP contribution is 2.39. The monoisotopic (exact) mass is 651 g/mol. The summed E-state index contributed by atoms with van der Waals surface area (Å²) in [6.07, 6.45) is 0. The lowest BCUT2D eigenvalue weighted by Crippen LogP contribution is -2.00. The van der Waals surface area contributed by atoms with E-state index in [2.05, 4.69) is 115 Å². The molecule has 0 aliphatic carbocycles. The number of hydrogen-bond acceptors (Lipinski definition) is 4. The van der Waals surface area contributed by atoms with Crippen LogP contribution in [0.5, 0.6) is 0 Å². The van der Waals surface area contributed by atoms with Crippen molar-refractivity contribution in [1.82, 2.24) is 15.0 Å². The second-order valence-electron chi connectivity index (χ2n) is 12.8. The van der Waals surface area contributed by atoms with Crippen molar-refractivity contribution >= 4 is 43.5 Å². The maximum Gasteiger partial charge on any atom is 0.164 e. The van der Waals surface area contributed by atoms with Crippen molar-refractivity contribution in [3.05, 3.63) is 176 Å². The Bertz CT molecular complexity index is 2840. The van der Waals surface area contributed by atoms with Crippen LogP contribution in [-0.4, -0.2) is 15.0 Å². The van der Waals surface area contributed by atoms with Gasteiger partial charge in [0.15, 0.2) is 17.5 Å². The van der Waals surface area contributed by atoms with Crippen molar-refractivity contribution in [2.45, 2.75) is 0 Å². The van der Waals surface area contributed by atoms with Crippen LogP contribution in [0.2, 0.25) is 0 Å². The lowest BCUT2D eigenvalue weighted by molar-refractivity contribution is 0.669. The Labute approximate surface area is 294 Å². The average molecular weight is 652 g/mol. The Morgan fingerprint density at radius 2 is 0.824 bits per heavy atom. The second kappa shape index (κ2) is 11.9. The molecule has 238 valence electrons. The van der Waals surface area contributed by atoms with Crippen LogP contribution in [0, 0.1) is 0 Å². The summed E-state index contributed by atoms with van der Waals surface area (Å²) in [5, 5.41) is 7.24. The minimum atomic E-state index is 0.636. The highest BCUT2D eigenvalue weighted by atomic mass is 16.3. The van der Waals surface area contributed by atoms with Gasteiger partial charge in [0.05, 0.1) is 0 Å². The van der Waals surface area contributed by atoms with Gasteiger partial charge in [-0.15, -0.1) is 0 Å². The van der Waals surface area contributed by atoms with Crippen LogP contribution in [0.4, 0.5) is 0 Å². The molecule has 2 aromatic heterocycles. The number of aromatic nitrogens is 3. The van der Waals surface area contributed by atoms with Crippen LogP contribution in [0.25, 0.3) is 99.9 Å². The first kappa shape index (κ1) is 29.0. The fraction of sp³-hybridized carbons (Fsp3) is 0. The lowest BCUT2D eigenvalue weighted by Gasteiger charge is -2.11. The van der Waals surface area contributed by atoms with E-state index >= 15 is 0 Å². The van der Waals surface area contributed by atoms with Crippen molar-refractivity contribution in [3.63, 3.8) is 0 Å². The Hall–Kier alpha value is -6.91. The van der Waals surface area contributed by atoms with Crippen molar-refractivity contribution in [2.75, 3.05) is 0 Å². The number of nitrogens with zero attached hydrogens (tertiary/aromatic N) is 3. The van der Waals surface area contributed by atoms with Gasteiger partial charge in [0, 0.05) is 27.5 Å². The van der Waals surface area contributed by atoms with Gasteiger partial charge in [-0.25, -0.2) is 15.0 Å². The predicted octanol–water partition coefficient (Wildman–Crippen LogP) is 12.4. The molecule has 0 radical (unpaired) electrons. The lowest BCUT2D eigenvalue weighted by atomic mass is 9.92. The van der Waals surface area contributed by atoms with Crippen LogP contribution < -0.4 is 0 Å². The molecular weight excluding hydrogens is 623 g/mol. The summed E-state index contributed by atoms with van der Waals surface area (Å²) in [7, 11) is 0. The quantitative estimate of drug-likeness (QED) is 0.174. The molecule has 0 aliphatic heterocycles. The molecule has 0 atom stereocenters. The Morgan fingerprint density at radius 3 is 1.51 bits per heavy atom. The van der Waals surface area contributed by atoms with E-state index in [-0.39, 0.29) is 0 Å². The molecule has 0 unspecified atom stereocenters. The number of fused-ring (bicyclic) bond motifs is 6. The molecule has 0 saturated carbocycles. The van der Waals surface area contributed by atoms with Crippen LogP contribution >= 0.6 is 0 Å². The Morgan fingerprint density at radius 1 is 0.294 bits per heavy atom. The van der Waals surface area contributed by atoms with E-state index in [0.29, 0.717) is 17.5 Å². The van der Waals surface area contributed by atoms with Gasteiger partial charge in [0.1, 0.15) is 11.2 Å². The summed E-state index contributed by atoms with van der Waals surface area (Å²) in [5.74, 6) is 1.93. The minimum absolute atomic E-state index is 0.636. The number of benzene rings is 8. The zero-order valence-electron chi connectivity index (χ0n) is 27.5. The Balaban J connectivity index is 1.01. The molecule has 10 aromatic rings. The van der Waals surface area contributed by atoms with Gasteiger partial charge in [-0.2, -0.15) is 0 Å². The first-order valence-corrected chi connectivity index (χ1v) is 17.1. The van der Waals surface area contributed by atoms with Gasteiger partial charge >= 0.3 is 0 Å². The summed E-state index contributed by atoms with van der Waals surface area (Å²) in [4.78, 5) is 14.6. The van der Waals surface area contributed by atoms with Crippen molar-refractivity contribution in [1.29, 1.82) is 0 Å². The summed E-state index contributed by atoms with van der Waals surface area (Å²) in [6.45, 7) is 0. The molecule has 0 N–H and O–H groups in total. The molecule has 0 fully saturated rings. The molecule has 51 heavy (non-hydrogen) atoms. The van der Waals surface area contributed by atoms with Gasteiger partial charge in [0.25, 0.3) is 0 Å². The molecule has 10 rings (SSSR count). The van der Waals surface area contributed by atoms with E-state index in [4.69, 9.17) is 19.4 Å². The summed E-state index contributed by atoms with van der Waals surface area (Å²) >= 11 is 0. The molecule has 4 nitrogen and oxygen atoms in total. The maximum absolute atomic E-state index is 6.44. The third-order valence-corrected chi connectivity index (χ3v) is 9.73. The molecule has 2 heterocycles. The molecule has 4 heteroatoms. The average Bonchev–Trinajstić information content (AvgIpc) is 3.58. The third-order valence-electron chi connectivity index (χ3n) is 9.73. The SMILES string of the molecule is c1ccc(-c2nc(-c3ccccc3)nc(-c3ccc(-c4ccc5c(c4)oc4ccc(-c6cc7ccccc7c7ccccc67)cc45)cc3)n2)cc1. The molecule has 0 amide bonds. The number of furan rings is 1. The molecule has 0 spiro atoms. The highest BCUT2D eigenvalue weighted by molar-refractivity contribution is 6.15. The topological polar surface area (TPSA) is 51.8 Å². The van der Waals surface area contributed by atoms with E-state index in [1.807, 2.05) is 60.7 Å². The van der Waals surface area contributed by atoms with Crippen molar-refractivity contribution in [2.24, 2.45) is 0 Å².